The Morgan fingerprint density at radius 3 is 2.88 bits per heavy atom. The van der Waals surface area contributed by atoms with Gasteiger partial charge in [-0.25, -0.2) is 4.98 Å². The molecule has 2 rings (SSSR count). The third kappa shape index (κ3) is 2.60. The molecule has 0 aliphatic heterocycles. The number of nitriles is 1. The van der Waals surface area contributed by atoms with E-state index in [1.165, 1.54) is 0 Å². The molecule has 1 aromatic carbocycles. The molecule has 3 nitrogen and oxygen atoms in total. The first-order valence-electron chi connectivity index (χ1n) is 4.99. The Labute approximate surface area is 109 Å². The highest BCUT2D eigenvalue weighted by molar-refractivity contribution is 6.31. The maximum absolute atomic E-state index is 8.75. The van der Waals surface area contributed by atoms with Crippen molar-refractivity contribution in [2.24, 2.45) is 0 Å². The quantitative estimate of drug-likeness (QED) is 0.800. The SMILES string of the molecule is N#Cc1ccc(Cn2ccnc2CCl)c(Cl)c1. The lowest BCUT2D eigenvalue weighted by Crippen LogP contribution is -2.03. The van der Waals surface area contributed by atoms with Crippen LogP contribution < -0.4 is 0 Å². The van der Waals surface area contributed by atoms with Crippen LogP contribution in [-0.4, -0.2) is 9.55 Å². The van der Waals surface area contributed by atoms with E-state index in [9.17, 15) is 0 Å². The van der Waals surface area contributed by atoms with Crippen molar-refractivity contribution in [3.63, 3.8) is 0 Å². The van der Waals surface area contributed by atoms with Crippen LogP contribution in [0.5, 0.6) is 0 Å². The summed E-state index contributed by atoms with van der Waals surface area (Å²) in [6.07, 6.45) is 3.56. The molecule has 0 bridgehead atoms. The van der Waals surface area contributed by atoms with Gasteiger partial charge in [-0.05, 0) is 17.7 Å². The normalized spacial score (nSPS) is 10.2. The van der Waals surface area contributed by atoms with Gasteiger partial charge in [-0.2, -0.15) is 5.26 Å². The molecular weight excluding hydrogens is 257 g/mol. The molecule has 0 radical (unpaired) electrons. The van der Waals surface area contributed by atoms with Crippen molar-refractivity contribution in [3.8, 4) is 6.07 Å². The number of aromatic nitrogens is 2. The summed E-state index contributed by atoms with van der Waals surface area (Å²) in [7, 11) is 0. The summed E-state index contributed by atoms with van der Waals surface area (Å²) in [5.74, 6) is 1.16. The predicted octanol–water partition coefficient (Wildman–Crippen LogP) is 3.20. The van der Waals surface area contributed by atoms with Gasteiger partial charge in [0.05, 0.1) is 24.1 Å². The number of hydrogen-bond donors (Lipinski definition) is 0. The number of imidazole rings is 1. The molecule has 2 aromatic rings. The molecule has 1 aromatic heterocycles. The van der Waals surface area contributed by atoms with E-state index in [1.54, 1.807) is 18.3 Å². The van der Waals surface area contributed by atoms with Gasteiger partial charge in [0.2, 0.25) is 0 Å². The van der Waals surface area contributed by atoms with Gasteiger partial charge < -0.3 is 4.57 Å². The highest BCUT2D eigenvalue weighted by Crippen LogP contribution is 2.19. The van der Waals surface area contributed by atoms with Gasteiger partial charge in [0, 0.05) is 17.4 Å². The number of hydrogen-bond acceptors (Lipinski definition) is 2. The minimum atomic E-state index is 0.362. The fourth-order valence-corrected chi connectivity index (χ4v) is 2.01. The van der Waals surface area contributed by atoms with Crippen LogP contribution in [0.15, 0.2) is 30.6 Å². The van der Waals surface area contributed by atoms with Crippen molar-refractivity contribution in [2.75, 3.05) is 0 Å². The Balaban J connectivity index is 2.28. The van der Waals surface area contributed by atoms with Crippen LogP contribution in [0.3, 0.4) is 0 Å². The van der Waals surface area contributed by atoms with Gasteiger partial charge in [-0.1, -0.05) is 17.7 Å². The Morgan fingerprint density at radius 1 is 1.41 bits per heavy atom. The van der Waals surface area contributed by atoms with Gasteiger partial charge in [0.15, 0.2) is 0 Å². The predicted molar refractivity (Wildman–Crippen MR) is 67.1 cm³/mol. The minimum absolute atomic E-state index is 0.362. The van der Waals surface area contributed by atoms with Crippen LogP contribution in [0.2, 0.25) is 5.02 Å². The highest BCUT2D eigenvalue weighted by Gasteiger charge is 2.06. The van der Waals surface area contributed by atoms with Crippen molar-refractivity contribution >= 4 is 23.2 Å². The fraction of sp³-hybridized carbons (Fsp3) is 0.167. The Morgan fingerprint density at radius 2 is 2.24 bits per heavy atom. The first-order chi connectivity index (χ1) is 8.24. The Hall–Kier alpha value is -1.50. The summed E-state index contributed by atoms with van der Waals surface area (Å²) in [6, 6.07) is 7.31. The van der Waals surface area contributed by atoms with E-state index in [2.05, 4.69) is 11.1 Å². The van der Waals surface area contributed by atoms with Gasteiger partial charge in [0.1, 0.15) is 5.82 Å². The van der Waals surface area contributed by atoms with Gasteiger partial charge in [-0.3, -0.25) is 0 Å². The van der Waals surface area contributed by atoms with Crippen molar-refractivity contribution < 1.29 is 0 Å². The largest absolute Gasteiger partial charge is 0.329 e. The molecule has 0 aliphatic carbocycles. The summed E-state index contributed by atoms with van der Waals surface area (Å²) >= 11 is 11.9. The first-order valence-corrected chi connectivity index (χ1v) is 5.90. The zero-order valence-electron chi connectivity index (χ0n) is 8.90. The number of rotatable bonds is 3. The molecule has 0 amide bonds. The van der Waals surface area contributed by atoms with Crippen LogP contribution >= 0.6 is 23.2 Å². The lowest BCUT2D eigenvalue weighted by molar-refractivity contribution is 0.755. The van der Waals surface area contributed by atoms with Gasteiger partial charge in [-0.15, -0.1) is 11.6 Å². The van der Waals surface area contributed by atoms with Crippen LogP contribution in [0.25, 0.3) is 0 Å². The second-order valence-corrected chi connectivity index (χ2v) is 4.20. The zero-order chi connectivity index (χ0) is 12.3. The number of alkyl halides is 1. The van der Waals surface area contributed by atoms with Crippen LogP contribution in [0, 0.1) is 11.3 Å². The van der Waals surface area contributed by atoms with Crippen molar-refractivity contribution in [1.82, 2.24) is 9.55 Å². The van der Waals surface area contributed by atoms with Crippen LogP contribution in [-0.2, 0) is 12.4 Å². The summed E-state index contributed by atoms with van der Waals surface area (Å²) in [5, 5.41) is 9.33. The molecule has 0 atom stereocenters. The number of benzene rings is 1. The van der Waals surface area contributed by atoms with E-state index in [0.717, 1.165) is 11.4 Å². The van der Waals surface area contributed by atoms with Gasteiger partial charge in [0.25, 0.3) is 0 Å². The third-order valence-electron chi connectivity index (χ3n) is 2.44. The second kappa shape index (κ2) is 5.22. The molecule has 0 saturated carbocycles. The molecule has 5 heteroatoms. The van der Waals surface area contributed by atoms with E-state index < -0.39 is 0 Å². The summed E-state index contributed by atoms with van der Waals surface area (Å²) in [5.41, 5.74) is 1.50. The Kier molecular flexibility index (Phi) is 3.68. The smallest absolute Gasteiger partial charge is 0.123 e. The Bertz CT molecular complexity index is 569. The lowest BCUT2D eigenvalue weighted by atomic mass is 10.1. The molecule has 0 N–H and O–H groups in total. The monoisotopic (exact) mass is 265 g/mol. The fourth-order valence-electron chi connectivity index (χ4n) is 1.54. The molecule has 0 fully saturated rings. The van der Waals surface area contributed by atoms with E-state index in [1.807, 2.05) is 16.8 Å². The van der Waals surface area contributed by atoms with Gasteiger partial charge >= 0.3 is 0 Å². The van der Waals surface area contributed by atoms with Crippen molar-refractivity contribution in [2.45, 2.75) is 12.4 Å². The van der Waals surface area contributed by atoms with E-state index in [-0.39, 0.29) is 0 Å². The molecular formula is C12H9Cl2N3. The van der Waals surface area contributed by atoms with Crippen LogP contribution in [0.4, 0.5) is 0 Å². The molecule has 0 saturated heterocycles. The highest BCUT2D eigenvalue weighted by atomic mass is 35.5. The number of nitrogens with zero attached hydrogens (tertiary/aromatic N) is 3. The average molecular weight is 266 g/mol. The maximum Gasteiger partial charge on any atom is 0.123 e. The lowest BCUT2D eigenvalue weighted by Gasteiger charge is -2.08. The van der Waals surface area contributed by atoms with E-state index in [4.69, 9.17) is 28.5 Å². The molecule has 0 unspecified atom stereocenters. The first kappa shape index (κ1) is 12.0. The zero-order valence-corrected chi connectivity index (χ0v) is 10.4. The van der Waals surface area contributed by atoms with E-state index >= 15 is 0 Å². The topological polar surface area (TPSA) is 41.6 Å². The van der Waals surface area contributed by atoms with Crippen molar-refractivity contribution in [3.05, 3.63) is 52.6 Å². The minimum Gasteiger partial charge on any atom is -0.329 e. The number of halogens is 2. The van der Waals surface area contributed by atoms with Crippen LogP contribution in [0.1, 0.15) is 17.0 Å². The van der Waals surface area contributed by atoms with E-state index in [0.29, 0.717) is 23.0 Å². The molecule has 1 heterocycles. The molecule has 86 valence electrons. The standard InChI is InChI=1S/C12H9Cl2N3/c13-6-12-16-3-4-17(12)8-10-2-1-9(7-15)5-11(10)14/h1-5H,6,8H2. The third-order valence-corrected chi connectivity index (χ3v) is 3.03. The van der Waals surface area contributed by atoms with Crippen molar-refractivity contribution in [1.29, 1.82) is 5.26 Å². The second-order valence-electron chi connectivity index (χ2n) is 3.52. The summed E-state index contributed by atoms with van der Waals surface area (Å²) < 4.78 is 1.93. The summed E-state index contributed by atoms with van der Waals surface area (Å²) in [6.45, 7) is 0.604. The molecule has 0 spiro atoms. The average Bonchev–Trinajstić information content (AvgIpc) is 2.79. The summed E-state index contributed by atoms with van der Waals surface area (Å²) in [4.78, 5) is 4.13. The molecule has 17 heavy (non-hydrogen) atoms. The molecule has 0 aliphatic rings. The maximum atomic E-state index is 8.75.